The normalized spacial score (nSPS) is 19.0. The molecule has 2 amide bonds. The fourth-order valence-corrected chi connectivity index (χ4v) is 4.03. The van der Waals surface area contributed by atoms with Crippen LogP contribution in [0.2, 0.25) is 0 Å². The molecule has 6 heteroatoms. The molecule has 2 aromatic rings. The van der Waals surface area contributed by atoms with E-state index >= 15 is 0 Å². The van der Waals surface area contributed by atoms with Gasteiger partial charge in [-0.3, -0.25) is 19.3 Å². The van der Waals surface area contributed by atoms with Crippen molar-refractivity contribution in [3.63, 3.8) is 0 Å². The van der Waals surface area contributed by atoms with Crippen LogP contribution >= 0.6 is 0 Å². The van der Waals surface area contributed by atoms with Gasteiger partial charge in [0.2, 0.25) is 5.91 Å². The highest BCUT2D eigenvalue weighted by atomic mass is 16.5. The monoisotopic (exact) mass is 378 g/mol. The Labute approximate surface area is 163 Å². The van der Waals surface area contributed by atoms with Crippen molar-refractivity contribution in [1.29, 1.82) is 0 Å². The number of nitrogens with zero attached hydrogens (tertiary/aromatic N) is 2. The summed E-state index contributed by atoms with van der Waals surface area (Å²) < 4.78 is 5.51. The molecule has 0 saturated carbocycles. The molecule has 2 heterocycles. The second-order valence-corrected chi connectivity index (χ2v) is 7.36. The van der Waals surface area contributed by atoms with Crippen molar-refractivity contribution in [1.82, 2.24) is 0 Å². The summed E-state index contributed by atoms with van der Waals surface area (Å²) in [5.41, 5.74) is 2.96. The Morgan fingerprint density at radius 3 is 2.64 bits per heavy atom. The maximum absolute atomic E-state index is 13.4. The number of rotatable bonds is 3. The second kappa shape index (κ2) is 6.78. The largest absolute Gasteiger partial charge is 0.482 e. The van der Waals surface area contributed by atoms with Gasteiger partial charge in [0.1, 0.15) is 11.8 Å². The number of amides is 2. The maximum Gasteiger partial charge on any atom is 0.265 e. The standard InChI is InChI=1S/C22H22N2O4/c1-13-10-17-6-4-5-7-18(17)23(13)22(27)14(2)24-19-11-16(15(3)25)8-9-20(19)28-12-21(24)26/h4-9,11,13-14H,10,12H2,1-3H3. The first-order valence-electron chi connectivity index (χ1n) is 9.39. The molecule has 6 nitrogen and oxygen atoms in total. The molecule has 0 fully saturated rings. The summed E-state index contributed by atoms with van der Waals surface area (Å²) in [6.07, 6.45) is 0.788. The van der Waals surface area contributed by atoms with E-state index in [4.69, 9.17) is 4.74 Å². The number of para-hydroxylation sites is 1. The zero-order valence-electron chi connectivity index (χ0n) is 16.1. The molecule has 0 aliphatic carbocycles. The number of fused-ring (bicyclic) bond motifs is 2. The Balaban J connectivity index is 1.71. The summed E-state index contributed by atoms with van der Waals surface area (Å²) in [6, 6.07) is 12.1. The van der Waals surface area contributed by atoms with Crippen molar-refractivity contribution < 1.29 is 19.1 Å². The summed E-state index contributed by atoms with van der Waals surface area (Å²) in [6.45, 7) is 5.07. The minimum Gasteiger partial charge on any atom is -0.482 e. The van der Waals surface area contributed by atoms with Gasteiger partial charge in [-0.05, 0) is 57.0 Å². The number of hydrogen-bond acceptors (Lipinski definition) is 4. The van der Waals surface area contributed by atoms with Crippen LogP contribution in [0.25, 0.3) is 0 Å². The minimum absolute atomic E-state index is 0.0199. The van der Waals surface area contributed by atoms with Crippen LogP contribution in [0.4, 0.5) is 11.4 Å². The van der Waals surface area contributed by atoms with Crippen molar-refractivity contribution in [2.75, 3.05) is 16.4 Å². The molecule has 2 aliphatic heterocycles. The molecule has 28 heavy (non-hydrogen) atoms. The Hall–Kier alpha value is -3.15. The van der Waals surface area contributed by atoms with Crippen LogP contribution in [0.5, 0.6) is 5.75 Å². The van der Waals surface area contributed by atoms with Crippen molar-refractivity contribution in [3.8, 4) is 5.75 Å². The maximum atomic E-state index is 13.4. The van der Waals surface area contributed by atoms with Gasteiger partial charge < -0.3 is 9.64 Å². The van der Waals surface area contributed by atoms with E-state index in [0.717, 1.165) is 17.7 Å². The van der Waals surface area contributed by atoms with E-state index in [2.05, 4.69) is 0 Å². The number of ketones is 1. The molecule has 0 spiro atoms. The topological polar surface area (TPSA) is 66.9 Å². The van der Waals surface area contributed by atoms with Gasteiger partial charge in [-0.15, -0.1) is 0 Å². The number of Topliss-reactive ketones (excluding diaryl/α,β-unsaturated/α-hetero) is 1. The Morgan fingerprint density at radius 2 is 1.89 bits per heavy atom. The van der Waals surface area contributed by atoms with Crippen LogP contribution in [0.3, 0.4) is 0 Å². The van der Waals surface area contributed by atoms with Crippen LogP contribution in [0.15, 0.2) is 42.5 Å². The Morgan fingerprint density at radius 1 is 1.14 bits per heavy atom. The van der Waals surface area contributed by atoms with Gasteiger partial charge >= 0.3 is 0 Å². The molecule has 0 aromatic heterocycles. The third kappa shape index (κ3) is 2.85. The van der Waals surface area contributed by atoms with Gasteiger partial charge in [-0.2, -0.15) is 0 Å². The van der Waals surface area contributed by atoms with Crippen LogP contribution in [0.1, 0.15) is 36.7 Å². The third-order valence-electron chi connectivity index (χ3n) is 5.43. The van der Waals surface area contributed by atoms with E-state index in [0.29, 0.717) is 17.0 Å². The van der Waals surface area contributed by atoms with Crippen molar-refractivity contribution in [2.24, 2.45) is 0 Å². The number of carbonyl (C=O) groups is 3. The highest BCUT2D eigenvalue weighted by Gasteiger charge is 2.39. The van der Waals surface area contributed by atoms with E-state index in [-0.39, 0.29) is 30.2 Å². The summed E-state index contributed by atoms with van der Waals surface area (Å²) in [4.78, 5) is 41.1. The molecule has 0 bridgehead atoms. The lowest BCUT2D eigenvalue weighted by Gasteiger charge is -2.36. The molecule has 2 aromatic carbocycles. The average Bonchev–Trinajstić information content (AvgIpc) is 3.02. The molecule has 0 N–H and O–H groups in total. The van der Waals surface area contributed by atoms with E-state index in [9.17, 15) is 14.4 Å². The molecule has 2 aliphatic rings. The molecule has 0 saturated heterocycles. The van der Waals surface area contributed by atoms with Gasteiger partial charge in [0.15, 0.2) is 12.4 Å². The number of anilines is 2. The lowest BCUT2D eigenvalue weighted by atomic mass is 10.1. The van der Waals surface area contributed by atoms with Crippen molar-refractivity contribution >= 4 is 29.0 Å². The van der Waals surface area contributed by atoms with E-state index in [1.807, 2.05) is 31.2 Å². The lowest BCUT2D eigenvalue weighted by Crippen LogP contribution is -2.53. The van der Waals surface area contributed by atoms with Crippen LogP contribution in [-0.2, 0) is 16.0 Å². The first-order chi connectivity index (χ1) is 13.4. The average molecular weight is 378 g/mol. The molecular weight excluding hydrogens is 356 g/mol. The Bertz CT molecular complexity index is 984. The first kappa shape index (κ1) is 18.2. The summed E-state index contributed by atoms with van der Waals surface area (Å²) >= 11 is 0. The van der Waals surface area contributed by atoms with Gasteiger partial charge in [-0.25, -0.2) is 0 Å². The van der Waals surface area contributed by atoms with E-state index < -0.39 is 6.04 Å². The van der Waals surface area contributed by atoms with Crippen molar-refractivity contribution in [2.45, 2.75) is 39.3 Å². The van der Waals surface area contributed by atoms with Gasteiger partial charge in [0.25, 0.3) is 5.91 Å². The van der Waals surface area contributed by atoms with Crippen molar-refractivity contribution in [3.05, 3.63) is 53.6 Å². The molecule has 144 valence electrons. The van der Waals surface area contributed by atoms with E-state index in [1.54, 1.807) is 30.0 Å². The summed E-state index contributed by atoms with van der Waals surface area (Å²) in [5, 5.41) is 0. The molecule has 2 unspecified atom stereocenters. The predicted molar refractivity (Wildman–Crippen MR) is 106 cm³/mol. The third-order valence-corrected chi connectivity index (χ3v) is 5.43. The van der Waals surface area contributed by atoms with Gasteiger partial charge in [-0.1, -0.05) is 18.2 Å². The first-order valence-corrected chi connectivity index (χ1v) is 9.39. The second-order valence-electron chi connectivity index (χ2n) is 7.36. The fourth-order valence-electron chi connectivity index (χ4n) is 4.03. The Kier molecular flexibility index (Phi) is 4.41. The number of carbonyl (C=O) groups excluding carboxylic acids is 3. The number of benzene rings is 2. The predicted octanol–water partition coefficient (Wildman–Crippen LogP) is 2.98. The zero-order valence-corrected chi connectivity index (χ0v) is 16.1. The van der Waals surface area contributed by atoms with Crippen LogP contribution < -0.4 is 14.5 Å². The molecule has 4 rings (SSSR count). The fraction of sp³-hybridized carbons (Fsp3) is 0.318. The molecular formula is C22H22N2O4. The molecule has 0 radical (unpaired) electrons. The quantitative estimate of drug-likeness (QED) is 0.770. The summed E-state index contributed by atoms with van der Waals surface area (Å²) in [7, 11) is 0. The molecule has 2 atom stereocenters. The lowest BCUT2D eigenvalue weighted by molar-refractivity contribution is -0.126. The highest BCUT2D eigenvalue weighted by molar-refractivity contribution is 6.09. The number of ether oxygens (including phenoxy) is 1. The van der Waals surface area contributed by atoms with Gasteiger partial charge in [0, 0.05) is 17.3 Å². The van der Waals surface area contributed by atoms with Gasteiger partial charge in [0.05, 0.1) is 5.69 Å². The summed E-state index contributed by atoms with van der Waals surface area (Å²) in [5.74, 6) is -0.0537. The minimum atomic E-state index is -0.717. The zero-order chi connectivity index (χ0) is 20.0. The highest BCUT2D eigenvalue weighted by Crippen LogP contribution is 2.37. The van der Waals surface area contributed by atoms with Crippen LogP contribution in [-0.4, -0.2) is 36.3 Å². The SMILES string of the molecule is CC(=O)c1ccc2c(c1)N(C(C)C(=O)N1c3ccccc3CC1C)C(=O)CO2. The number of hydrogen-bond donors (Lipinski definition) is 0. The smallest absolute Gasteiger partial charge is 0.265 e. The van der Waals surface area contributed by atoms with E-state index in [1.165, 1.54) is 11.8 Å². The van der Waals surface area contributed by atoms with Crippen LogP contribution in [0, 0.1) is 0 Å².